The lowest BCUT2D eigenvalue weighted by molar-refractivity contribution is 0.264. The highest BCUT2D eigenvalue weighted by molar-refractivity contribution is 7.12. The van der Waals surface area contributed by atoms with Gasteiger partial charge in [-0.3, -0.25) is 4.90 Å². The van der Waals surface area contributed by atoms with E-state index in [0.717, 1.165) is 19.1 Å². The summed E-state index contributed by atoms with van der Waals surface area (Å²) < 4.78 is 0. The van der Waals surface area contributed by atoms with Crippen LogP contribution in [0.2, 0.25) is 0 Å². The molecule has 1 saturated heterocycles. The van der Waals surface area contributed by atoms with E-state index >= 15 is 0 Å². The lowest BCUT2D eigenvalue weighted by Gasteiger charge is -2.20. The molecule has 0 spiro atoms. The van der Waals surface area contributed by atoms with Crippen LogP contribution in [0.5, 0.6) is 0 Å². The third kappa shape index (κ3) is 4.29. The summed E-state index contributed by atoms with van der Waals surface area (Å²) in [6.45, 7) is 11.2. The molecular formula is C16H29N3S. The van der Waals surface area contributed by atoms with Crippen molar-refractivity contribution in [2.24, 2.45) is 0 Å². The Kier molecular flexibility index (Phi) is 5.61. The van der Waals surface area contributed by atoms with E-state index in [0.29, 0.717) is 6.04 Å². The second-order valence-corrected chi connectivity index (χ2v) is 7.81. The Bertz CT molecular complexity index is 425. The quantitative estimate of drug-likeness (QED) is 0.870. The van der Waals surface area contributed by atoms with Gasteiger partial charge in [-0.05, 0) is 39.1 Å². The van der Waals surface area contributed by atoms with Crippen LogP contribution in [0.1, 0.15) is 35.6 Å². The molecule has 0 amide bonds. The maximum absolute atomic E-state index is 3.51. The van der Waals surface area contributed by atoms with Crippen molar-refractivity contribution in [1.29, 1.82) is 0 Å². The lowest BCUT2D eigenvalue weighted by Crippen LogP contribution is -2.31. The highest BCUT2D eigenvalue weighted by Gasteiger charge is 2.24. The molecule has 20 heavy (non-hydrogen) atoms. The van der Waals surface area contributed by atoms with Gasteiger partial charge in [0.2, 0.25) is 0 Å². The smallest absolute Gasteiger partial charge is 0.0302 e. The van der Waals surface area contributed by atoms with Crippen LogP contribution >= 0.6 is 11.3 Å². The highest BCUT2D eigenvalue weighted by atomic mass is 32.1. The van der Waals surface area contributed by atoms with Gasteiger partial charge in [0.1, 0.15) is 0 Å². The lowest BCUT2D eigenvalue weighted by atomic mass is 10.2. The summed E-state index contributed by atoms with van der Waals surface area (Å²) >= 11 is 1.95. The predicted octanol–water partition coefficient (Wildman–Crippen LogP) is 2.69. The zero-order valence-corrected chi connectivity index (χ0v) is 14.4. The molecule has 1 unspecified atom stereocenters. The minimum Gasteiger partial charge on any atom is -0.310 e. The van der Waals surface area contributed by atoms with Crippen molar-refractivity contribution in [2.45, 2.75) is 52.4 Å². The molecule has 1 fully saturated rings. The van der Waals surface area contributed by atoms with Crippen molar-refractivity contribution in [1.82, 2.24) is 15.1 Å². The first-order valence-electron chi connectivity index (χ1n) is 7.66. The molecule has 1 aromatic rings. The van der Waals surface area contributed by atoms with Crippen LogP contribution in [0.15, 0.2) is 6.07 Å². The number of likely N-dealkylation sites (tertiary alicyclic amines) is 1. The average molecular weight is 295 g/mol. The van der Waals surface area contributed by atoms with E-state index in [1.165, 1.54) is 34.8 Å². The van der Waals surface area contributed by atoms with Crippen LogP contribution in [-0.4, -0.2) is 49.1 Å². The van der Waals surface area contributed by atoms with E-state index < -0.39 is 0 Å². The van der Waals surface area contributed by atoms with E-state index in [1.54, 1.807) is 0 Å². The van der Waals surface area contributed by atoms with Gasteiger partial charge in [0.25, 0.3) is 0 Å². The second kappa shape index (κ2) is 7.03. The molecule has 1 atom stereocenters. The normalized spacial score (nSPS) is 20.4. The molecule has 2 rings (SSSR count). The molecule has 0 radical (unpaired) electrons. The summed E-state index contributed by atoms with van der Waals surface area (Å²) in [5.41, 5.74) is 1.52. The van der Waals surface area contributed by atoms with Crippen LogP contribution in [0.3, 0.4) is 0 Å². The first kappa shape index (κ1) is 16.0. The van der Waals surface area contributed by atoms with Crippen molar-refractivity contribution in [3.05, 3.63) is 21.4 Å². The summed E-state index contributed by atoms with van der Waals surface area (Å²) in [7, 11) is 4.39. The van der Waals surface area contributed by atoms with Gasteiger partial charge in [-0.1, -0.05) is 13.8 Å². The van der Waals surface area contributed by atoms with Crippen molar-refractivity contribution in [3.8, 4) is 0 Å². The van der Waals surface area contributed by atoms with Crippen LogP contribution in [0, 0.1) is 6.92 Å². The monoisotopic (exact) mass is 295 g/mol. The molecule has 1 N–H and O–H groups in total. The number of thiophene rings is 1. The first-order chi connectivity index (χ1) is 9.45. The SMILES string of the molecule is Cc1sc(CNC(C)C)cc1CN1CCC(N(C)C)C1. The molecular weight excluding hydrogens is 266 g/mol. The molecule has 0 bridgehead atoms. The van der Waals surface area contributed by atoms with E-state index in [9.17, 15) is 0 Å². The number of nitrogens with one attached hydrogen (secondary N) is 1. The van der Waals surface area contributed by atoms with Crippen LogP contribution in [0.4, 0.5) is 0 Å². The predicted molar refractivity (Wildman–Crippen MR) is 88.4 cm³/mol. The molecule has 114 valence electrons. The Morgan fingerprint density at radius 1 is 1.45 bits per heavy atom. The second-order valence-electron chi connectivity index (χ2n) is 6.47. The average Bonchev–Trinajstić information content (AvgIpc) is 2.95. The van der Waals surface area contributed by atoms with Gasteiger partial charge in [0.15, 0.2) is 0 Å². The molecule has 0 aliphatic carbocycles. The number of nitrogens with zero attached hydrogens (tertiary/aromatic N) is 2. The topological polar surface area (TPSA) is 18.5 Å². The third-order valence-corrected chi connectivity index (χ3v) is 5.22. The Labute approximate surface area is 128 Å². The molecule has 3 nitrogen and oxygen atoms in total. The summed E-state index contributed by atoms with van der Waals surface area (Å²) in [5, 5.41) is 3.51. The fraction of sp³-hybridized carbons (Fsp3) is 0.750. The van der Waals surface area contributed by atoms with Crippen molar-refractivity contribution in [3.63, 3.8) is 0 Å². The van der Waals surface area contributed by atoms with E-state index in [4.69, 9.17) is 0 Å². The van der Waals surface area contributed by atoms with Gasteiger partial charge in [-0.2, -0.15) is 0 Å². The molecule has 0 aromatic carbocycles. The Morgan fingerprint density at radius 3 is 2.80 bits per heavy atom. The fourth-order valence-corrected chi connectivity index (χ4v) is 3.76. The fourth-order valence-electron chi connectivity index (χ4n) is 2.75. The number of hydrogen-bond donors (Lipinski definition) is 1. The van der Waals surface area contributed by atoms with Gasteiger partial charge in [-0.25, -0.2) is 0 Å². The summed E-state index contributed by atoms with van der Waals surface area (Å²) in [4.78, 5) is 7.91. The molecule has 1 aromatic heterocycles. The van der Waals surface area contributed by atoms with Gasteiger partial charge in [0.05, 0.1) is 0 Å². The summed E-state index contributed by atoms with van der Waals surface area (Å²) in [6, 6.07) is 3.69. The largest absolute Gasteiger partial charge is 0.310 e. The Balaban J connectivity index is 1.90. The number of aryl methyl sites for hydroxylation is 1. The van der Waals surface area contributed by atoms with Gasteiger partial charge in [0, 0.05) is 48.0 Å². The maximum Gasteiger partial charge on any atom is 0.0302 e. The molecule has 4 heteroatoms. The minimum absolute atomic E-state index is 0.556. The minimum atomic E-state index is 0.556. The van der Waals surface area contributed by atoms with Crippen LogP contribution in [0.25, 0.3) is 0 Å². The van der Waals surface area contributed by atoms with Gasteiger partial charge >= 0.3 is 0 Å². The van der Waals surface area contributed by atoms with Gasteiger partial charge in [-0.15, -0.1) is 11.3 Å². The Morgan fingerprint density at radius 2 is 2.20 bits per heavy atom. The number of likely N-dealkylation sites (N-methyl/N-ethyl adjacent to an activating group) is 1. The van der Waals surface area contributed by atoms with Crippen molar-refractivity contribution >= 4 is 11.3 Å². The van der Waals surface area contributed by atoms with Gasteiger partial charge < -0.3 is 10.2 Å². The first-order valence-corrected chi connectivity index (χ1v) is 8.47. The standard InChI is InChI=1S/C16H29N3S/c1-12(2)17-9-16-8-14(13(3)20-16)10-19-7-6-15(11-19)18(4)5/h8,12,15,17H,6-7,9-11H2,1-5H3. The molecule has 0 saturated carbocycles. The number of rotatable bonds is 6. The van der Waals surface area contributed by atoms with Crippen LogP contribution in [-0.2, 0) is 13.1 Å². The summed E-state index contributed by atoms with van der Waals surface area (Å²) in [6.07, 6.45) is 1.30. The third-order valence-electron chi connectivity index (χ3n) is 4.13. The molecule has 1 aliphatic rings. The van der Waals surface area contributed by atoms with Crippen molar-refractivity contribution < 1.29 is 0 Å². The molecule has 2 heterocycles. The van der Waals surface area contributed by atoms with Crippen LogP contribution < -0.4 is 5.32 Å². The maximum atomic E-state index is 3.51. The summed E-state index contributed by atoms with van der Waals surface area (Å²) in [5.74, 6) is 0. The van der Waals surface area contributed by atoms with E-state index in [-0.39, 0.29) is 0 Å². The number of hydrogen-bond acceptors (Lipinski definition) is 4. The van der Waals surface area contributed by atoms with E-state index in [1.807, 2.05) is 11.3 Å². The molecule has 1 aliphatic heterocycles. The zero-order chi connectivity index (χ0) is 14.7. The zero-order valence-electron chi connectivity index (χ0n) is 13.6. The van der Waals surface area contributed by atoms with E-state index in [2.05, 4.69) is 56.0 Å². The Hall–Kier alpha value is -0.420. The van der Waals surface area contributed by atoms with Crippen molar-refractivity contribution in [2.75, 3.05) is 27.2 Å². The highest BCUT2D eigenvalue weighted by Crippen LogP contribution is 2.25.